The van der Waals surface area contributed by atoms with E-state index in [1.165, 1.54) is 7.11 Å². The lowest BCUT2D eigenvalue weighted by atomic mass is 10.2. The lowest BCUT2D eigenvalue weighted by Gasteiger charge is -2.20. The first kappa shape index (κ1) is 24.6. The highest BCUT2D eigenvalue weighted by atomic mass is 16.6. The predicted octanol–water partition coefficient (Wildman–Crippen LogP) is 4.40. The van der Waals surface area contributed by atoms with E-state index >= 15 is 0 Å². The zero-order chi connectivity index (χ0) is 24.5. The molecule has 1 amide bonds. The molecule has 180 valence electrons. The number of carbonyl (C=O) groups is 2. The van der Waals surface area contributed by atoms with Gasteiger partial charge in [-0.2, -0.15) is 0 Å². The Morgan fingerprint density at radius 2 is 1.79 bits per heavy atom. The number of aromatic nitrogens is 1. The summed E-state index contributed by atoms with van der Waals surface area (Å²) in [5, 5.41) is 9.26. The van der Waals surface area contributed by atoms with Gasteiger partial charge in [0.1, 0.15) is 29.6 Å². The van der Waals surface area contributed by atoms with Crippen LogP contribution in [0.2, 0.25) is 0 Å². The highest BCUT2D eigenvalue weighted by molar-refractivity contribution is 5.78. The number of carbonyl (C=O) groups excluding carboxylic acids is 1. The molecule has 0 atom stereocenters. The molecule has 0 aliphatic rings. The average molecular weight is 469 g/mol. The number of hydrogen-bond acceptors (Lipinski definition) is 7. The van der Waals surface area contributed by atoms with E-state index < -0.39 is 18.6 Å². The zero-order valence-electron chi connectivity index (χ0n) is 19.4. The number of amides is 1. The predicted molar refractivity (Wildman–Crippen MR) is 123 cm³/mol. The molecule has 1 N–H and O–H groups in total. The molecule has 1 aromatic heterocycles. The van der Waals surface area contributed by atoms with E-state index in [1.54, 1.807) is 42.5 Å². The molecule has 9 nitrogen and oxygen atoms in total. The summed E-state index contributed by atoms with van der Waals surface area (Å²) < 4.78 is 21.7. The molecule has 3 rings (SSSR count). The first-order chi connectivity index (χ1) is 16.3. The number of rotatable bonds is 11. The summed E-state index contributed by atoms with van der Waals surface area (Å²) >= 11 is 0. The molecular weight excluding hydrogens is 440 g/mol. The van der Waals surface area contributed by atoms with Crippen molar-refractivity contribution in [2.24, 2.45) is 0 Å². The summed E-state index contributed by atoms with van der Waals surface area (Å²) in [7, 11) is 1.53. The van der Waals surface area contributed by atoms with Crippen molar-refractivity contribution in [3.63, 3.8) is 0 Å². The van der Waals surface area contributed by atoms with Gasteiger partial charge in [0.15, 0.2) is 5.89 Å². The SMILES string of the molecule is COc1ccc(OC(=O)N(CC(=O)O)Cc2cccc(OCCCc3nc(C)oc3C)c2)cc1. The van der Waals surface area contributed by atoms with Crippen molar-refractivity contribution in [2.45, 2.75) is 33.2 Å². The van der Waals surface area contributed by atoms with Gasteiger partial charge in [0.05, 0.1) is 19.4 Å². The lowest BCUT2D eigenvalue weighted by Crippen LogP contribution is -2.37. The number of carboxylic acid groups (broad SMARTS) is 1. The second-order valence-electron chi connectivity index (χ2n) is 7.63. The van der Waals surface area contributed by atoms with E-state index in [1.807, 2.05) is 19.9 Å². The number of hydrogen-bond donors (Lipinski definition) is 1. The molecule has 34 heavy (non-hydrogen) atoms. The molecule has 9 heteroatoms. The van der Waals surface area contributed by atoms with Gasteiger partial charge in [-0.05, 0) is 61.7 Å². The molecule has 2 aromatic carbocycles. The van der Waals surface area contributed by atoms with Gasteiger partial charge in [-0.1, -0.05) is 12.1 Å². The van der Waals surface area contributed by atoms with Crippen molar-refractivity contribution < 1.29 is 33.3 Å². The first-order valence-electron chi connectivity index (χ1n) is 10.8. The van der Waals surface area contributed by atoms with E-state index in [9.17, 15) is 14.7 Å². The van der Waals surface area contributed by atoms with Crippen LogP contribution in [-0.2, 0) is 17.8 Å². The van der Waals surface area contributed by atoms with Gasteiger partial charge < -0.3 is 23.7 Å². The third-order valence-electron chi connectivity index (χ3n) is 4.95. The highest BCUT2D eigenvalue weighted by Crippen LogP contribution is 2.20. The number of aliphatic carboxylic acids is 1. The fraction of sp³-hybridized carbons (Fsp3) is 0.320. The highest BCUT2D eigenvalue weighted by Gasteiger charge is 2.20. The normalized spacial score (nSPS) is 10.6. The maximum Gasteiger partial charge on any atom is 0.416 e. The summed E-state index contributed by atoms with van der Waals surface area (Å²) in [6.45, 7) is 3.74. The van der Waals surface area contributed by atoms with Crippen molar-refractivity contribution in [3.8, 4) is 17.2 Å². The van der Waals surface area contributed by atoms with Crippen LogP contribution >= 0.6 is 0 Å². The second kappa shape index (κ2) is 11.7. The van der Waals surface area contributed by atoms with Gasteiger partial charge in [0.25, 0.3) is 0 Å². The van der Waals surface area contributed by atoms with Crippen LogP contribution in [0.1, 0.15) is 29.3 Å². The maximum absolute atomic E-state index is 12.6. The van der Waals surface area contributed by atoms with Crippen LogP contribution in [0.3, 0.4) is 0 Å². The van der Waals surface area contributed by atoms with E-state index in [4.69, 9.17) is 18.6 Å². The summed E-state index contributed by atoms with van der Waals surface area (Å²) in [6.07, 6.45) is 0.736. The topological polar surface area (TPSA) is 111 Å². The summed E-state index contributed by atoms with van der Waals surface area (Å²) in [5.74, 6) is 1.86. The molecule has 0 unspecified atom stereocenters. The molecule has 3 aromatic rings. The minimum Gasteiger partial charge on any atom is -0.497 e. The fourth-order valence-corrected chi connectivity index (χ4v) is 3.35. The van der Waals surface area contributed by atoms with Crippen LogP contribution in [0.5, 0.6) is 17.2 Å². The molecule has 0 bridgehead atoms. The number of benzene rings is 2. The molecule has 0 aliphatic heterocycles. The van der Waals surface area contributed by atoms with Crippen molar-refractivity contribution in [3.05, 3.63) is 71.4 Å². The number of methoxy groups -OCH3 is 1. The average Bonchev–Trinajstić information content (AvgIpc) is 3.13. The Labute approximate surface area is 197 Å². The van der Waals surface area contributed by atoms with Crippen LogP contribution in [0, 0.1) is 13.8 Å². The summed E-state index contributed by atoms with van der Waals surface area (Å²) in [5.41, 5.74) is 1.64. The number of aryl methyl sites for hydroxylation is 3. The van der Waals surface area contributed by atoms with Crippen LogP contribution < -0.4 is 14.2 Å². The monoisotopic (exact) mass is 468 g/mol. The van der Waals surface area contributed by atoms with E-state index in [2.05, 4.69) is 4.98 Å². The number of nitrogens with zero attached hydrogens (tertiary/aromatic N) is 2. The minimum absolute atomic E-state index is 0.0515. The third kappa shape index (κ3) is 7.26. The van der Waals surface area contributed by atoms with E-state index in [0.717, 1.165) is 29.2 Å². The Kier molecular flexibility index (Phi) is 8.50. The largest absolute Gasteiger partial charge is 0.497 e. The van der Waals surface area contributed by atoms with Gasteiger partial charge in [-0.3, -0.25) is 9.69 Å². The molecular formula is C25H28N2O7. The molecule has 0 radical (unpaired) electrons. The third-order valence-corrected chi connectivity index (χ3v) is 4.95. The minimum atomic E-state index is -1.14. The van der Waals surface area contributed by atoms with Gasteiger partial charge in [0.2, 0.25) is 0 Å². The van der Waals surface area contributed by atoms with E-state index in [0.29, 0.717) is 29.6 Å². The van der Waals surface area contributed by atoms with Crippen molar-refractivity contribution in [1.82, 2.24) is 9.88 Å². The Morgan fingerprint density at radius 3 is 2.44 bits per heavy atom. The Balaban J connectivity index is 1.57. The summed E-state index contributed by atoms with van der Waals surface area (Å²) in [6, 6.07) is 13.6. The van der Waals surface area contributed by atoms with Crippen LogP contribution in [0.4, 0.5) is 4.79 Å². The molecule has 0 saturated heterocycles. The van der Waals surface area contributed by atoms with Gasteiger partial charge >= 0.3 is 12.1 Å². The molecule has 0 spiro atoms. The van der Waals surface area contributed by atoms with Gasteiger partial charge in [0, 0.05) is 13.5 Å². The van der Waals surface area contributed by atoms with E-state index in [-0.39, 0.29) is 12.3 Å². The molecule has 0 saturated carbocycles. The van der Waals surface area contributed by atoms with Gasteiger partial charge in [-0.15, -0.1) is 0 Å². The standard InChI is InChI=1S/C25H28N2O7/c1-17-23(26-18(2)33-17)8-5-13-32-22-7-4-6-19(14-22)15-27(16-24(28)29)25(30)34-21-11-9-20(31-3)10-12-21/h4,6-7,9-12,14H,5,8,13,15-16H2,1-3H3,(H,28,29). The fourth-order valence-electron chi connectivity index (χ4n) is 3.35. The Morgan fingerprint density at radius 1 is 1.06 bits per heavy atom. The van der Waals surface area contributed by atoms with Crippen molar-refractivity contribution in [2.75, 3.05) is 20.3 Å². The van der Waals surface area contributed by atoms with Crippen LogP contribution in [-0.4, -0.2) is 47.3 Å². The molecule has 0 aliphatic carbocycles. The van der Waals surface area contributed by atoms with Crippen molar-refractivity contribution >= 4 is 12.1 Å². The first-order valence-corrected chi connectivity index (χ1v) is 10.8. The molecule has 0 fully saturated rings. The Bertz CT molecular complexity index is 1110. The number of carboxylic acids is 1. The number of ether oxygens (including phenoxy) is 3. The number of oxazole rings is 1. The Hall–Kier alpha value is -4.01. The van der Waals surface area contributed by atoms with Crippen LogP contribution in [0.25, 0.3) is 0 Å². The lowest BCUT2D eigenvalue weighted by molar-refractivity contribution is -0.138. The zero-order valence-corrected chi connectivity index (χ0v) is 19.4. The molecule has 1 heterocycles. The quantitative estimate of drug-likeness (QED) is 0.412. The maximum atomic E-state index is 12.6. The van der Waals surface area contributed by atoms with Crippen LogP contribution in [0.15, 0.2) is 52.9 Å². The second-order valence-corrected chi connectivity index (χ2v) is 7.63. The summed E-state index contributed by atoms with van der Waals surface area (Å²) in [4.78, 5) is 29.4. The smallest absolute Gasteiger partial charge is 0.416 e. The van der Waals surface area contributed by atoms with Gasteiger partial charge in [-0.25, -0.2) is 9.78 Å². The van der Waals surface area contributed by atoms with Crippen molar-refractivity contribution in [1.29, 1.82) is 0 Å².